The van der Waals surface area contributed by atoms with Crippen molar-refractivity contribution in [1.29, 1.82) is 0 Å². The van der Waals surface area contributed by atoms with Gasteiger partial charge >= 0.3 is 0 Å². The SMILES string of the molecule is Cc1cc(C(=O)N2CCSCC2)ccc1NC(=O)c1ccc(CN)cc1. The lowest BCUT2D eigenvalue weighted by atomic mass is 10.1. The van der Waals surface area contributed by atoms with E-state index in [-0.39, 0.29) is 11.8 Å². The summed E-state index contributed by atoms with van der Waals surface area (Å²) in [5.74, 6) is 1.86. The van der Waals surface area contributed by atoms with E-state index in [1.54, 1.807) is 24.3 Å². The number of aryl methyl sites for hydroxylation is 1. The number of hydrogen-bond acceptors (Lipinski definition) is 4. The van der Waals surface area contributed by atoms with Crippen LogP contribution in [0, 0.1) is 6.92 Å². The van der Waals surface area contributed by atoms with Gasteiger partial charge in [-0.2, -0.15) is 11.8 Å². The smallest absolute Gasteiger partial charge is 0.255 e. The van der Waals surface area contributed by atoms with Crippen molar-refractivity contribution < 1.29 is 9.59 Å². The highest BCUT2D eigenvalue weighted by molar-refractivity contribution is 7.99. The van der Waals surface area contributed by atoms with Crippen molar-refractivity contribution in [3.8, 4) is 0 Å². The van der Waals surface area contributed by atoms with Crippen molar-refractivity contribution in [2.24, 2.45) is 5.73 Å². The summed E-state index contributed by atoms with van der Waals surface area (Å²) in [6, 6.07) is 12.6. The van der Waals surface area contributed by atoms with Gasteiger partial charge in [-0.1, -0.05) is 12.1 Å². The van der Waals surface area contributed by atoms with Crippen LogP contribution >= 0.6 is 11.8 Å². The van der Waals surface area contributed by atoms with Gasteiger partial charge in [0, 0.05) is 48.0 Å². The van der Waals surface area contributed by atoms with Gasteiger partial charge in [0.15, 0.2) is 0 Å². The summed E-state index contributed by atoms with van der Waals surface area (Å²) in [6.07, 6.45) is 0. The van der Waals surface area contributed by atoms with Crippen LogP contribution in [0.5, 0.6) is 0 Å². The van der Waals surface area contributed by atoms with Crippen LogP contribution in [0.3, 0.4) is 0 Å². The number of amides is 2. The third kappa shape index (κ3) is 4.26. The summed E-state index contributed by atoms with van der Waals surface area (Å²) in [7, 11) is 0. The molecular weight excluding hydrogens is 346 g/mol. The number of nitrogens with zero attached hydrogens (tertiary/aromatic N) is 1. The van der Waals surface area contributed by atoms with E-state index in [0.29, 0.717) is 23.4 Å². The average Bonchev–Trinajstić information content (AvgIpc) is 2.69. The molecular formula is C20H23N3O2S. The van der Waals surface area contributed by atoms with E-state index in [1.165, 1.54) is 0 Å². The third-order valence-corrected chi connectivity index (χ3v) is 5.41. The summed E-state index contributed by atoms with van der Waals surface area (Å²) in [5.41, 5.74) is 9.39. The molecule has 2 aromatic rings. The molecule has 1 heterocycles. The van der Waals surface area contributed by atoms with E-state index in [1.807, 2.05) is 41.8 Å². The van der Waals surface area contributed by atoms with E-state index in [4.69, 9.17) is 5.73 Å². The van der Waals surface area contributed by atoms with E-state index in [2.05, 4.69) is 5.32 Å². The molecule has 0 bridgehead atoms. The molecule has 0 saturated carbocycles. The van der Waals surface area contributed by atoms with Crippen LogP contribution in [0.2, 0.25) is 0 Å². The maximum Gasteiger partial charge on any atom is 0.255 e. The van der Waals surface area contributed by atoms with Crippen LogP contribution < -0.4 is 11.1 Å². The number of benzene rings is 2. The Balaban J connectivity index is 1.70. The zero-order valence-electron chi connectivity index (χ0n) is 14.8. The largest absolute Gasteiger partial charge is 0.337 e. The van der Waals surface area contributed by atoms with Crippen LogP contribution in [-0.4, -0.2) is 41.3 Å². The van der Waals surface area contributed by atoms with Crippen LogP contribution in [0.4, 0.5) is 5.69 Å². The first kappa shape index (κ1) is 18.5. The highest BCUT2D eigenvalue weighted by Gasteiger charge is 2.19. The number of thioether (sulfide) groups is 1. The number of nitrogens with one attached hydrogen (secondary N) is 1. The maximum absolute atomic E-state index is 12.6. The molecule has 1 aliphatic rings. The molecule has 2 amide bonds. The fraction of sp³-hybridized carbons (Fsp3) is 0.300. The molecule has 0 spiro atoms. The maximum atomic E-state index is 12.6. The highest BCUT2D eigenvalue weighted by atomic mass is 32.2. The van der Waals surface area contributed by atoms with E-state index in [0.717, 1.165) is 35.7 Å². The zero-order chi connectivity index (χ0) is 18.5. The molecule has 0 aromatic heterocycles. The predicted molar refractivity (Wildman–Crippen MR) is 107 cm³/mol. The summed E-state index contributed by atoms with van der Waals surface area (Å²) in [6.45, 7) is 3.93. The number of rotatable bonds is 4. The second-order valence-corrected chi connectivity index (χ2v) is 7.51. The number of carbonyl (C=O) groups excluding carboxylic acids is 2. The first-order valence-corrected chi connectivity index (χ1v) is 9.82. The first-order valence-electron chi connectivity index (χ1n) is 8.66. The average molecular weight is 369 g/mol. The fourth-order valence-corrected chi connectivity index (χ4v) is 3.78. The Morgan fingerprint density at radius 2 is 1.73 bits per heavy atom. The van der Waals surface area contributed by atoms with Gasteiger partial charge < -0.3 is 16.0 Å². The van der Waals surface area contributed by atoms with Crippen LogP contribution in [0.15, 0.2) is 42.5 Å². The third-order valence-electron chi connectivity index (χ3n) is 4.47. The molecule has 3 rings (SSSR count). The first-order chi connectivity index (χ1) is 12.6. The Labute approximate surface area is 157 Å². The molecule has 136 valence electrons. The molecule has 2 aromatic carbocycles. The van der Waals surface area contributed by atoms with Crippen molar-refractivity contribution in [2.75, 3.05) is 29.9 Å². The Kier molecular flexibility index (Phi) is 5.96. The van der Waals surface area contributed by atoms with Crippen molar-refractivity contribution in [3.05, 3.63) is 64.7 Å². The summed E-state index contributed by atoms with van der Waals surface area (Å²) >= 11 is 1.88. The Hall–Kier alpha value is -2.31. The van der Waals surface area contributed by atoms with Gasteiger partial charge in [0.2, 0.25) is 0 Å². The van der Waals surface area contributed by atoms with Crippen molar-refractivity contribution in [1.82, 2.24) is 4.90 Å². The van der Waals surface area contributed by atoms with Gasteiger partial charge in [0.25, 0.3) is 11.8 Å². The molecule has 0 unspecified atom stereocenters. The van der Waals surface area contributed by atoms with Gasteiger partial charge in [-0.25, -0.2) is 0 Å². The van der Waals surface area contributed by atoms with Crippen molar-refractivity contribution >= 4 is 29.3 Å². The molecule has 3 N–H and O–H groups in total. The highest BCUT2D eigenvalue weighted by Crippen LogP contribution is 2.20. The quantitative estimate of drug-likeness (QED) is 0.869. The molecule has 0 aliphatic carbocycles. The van der Waals surface area contributed by atoms with E-state index >= 15 is 0 Å². The number of anilines is 1. The molecule has 1 fully saturated rings. The number of hydrogen-bond donors (Lipinski definition) is 2. The summed E-state index contributed by atoms with van der Waals surface area (Å²) < 4.78 is 0. The van der Waals surface area contributed by atoms with Crippen LogP contribution in [0.1, 0.15) is 31.8 Å². The standard InChI is InChI=1S/C20H23N3O2S/c1-14-12-17(20(25)23-8-10-26-11-9-23)6-7-18(14)22-19(24)16-4-2-15(13-21)3-5-16/h2-7,12H,8-11,13,21H2,1H3,(H,22,24). The van der Waals surface area contributed by atoms with Crippen LogP contribution in [-0.2, 0) is 6.54 Å². The molecule has 0 atom stereocenters. The monoisotopic (exact) mass is 369 g/mol. The van der Waals surface area contributed by atoms with Gasteiger partial charge in [-0.05, 0) is 48.4 Å². The minimum atomic E-state index is -0.177. The fourth-order valence-electron chi connectivity index (χ4n) is 2.87. The van der Waals surface area contributed by atoms with Gasteiger partial charge in [-0.3, -0.25) is 9.59 Å². The Bertz CT molecular complexity index is 799. The van der Waals surface area contributed by atoms with Gasteiger partial charge in [0.1, 0.15) is 0 Å². The van der Waals surface area contributed by atoms with Crippen molar-refractivity contribution in [3.63, 3.8) is 0 Å². The minimum absolute atomic E-state index is 0.0589. The number of carbonyl (C=O) groups is 2. The second-order valence-electron chi connectivity index (χ2n) is 6.29. The minimum Gasteiger partial charge on any atom is -0.337 e. The predicted octanol–water partition coefficient (Wildman–Crippen LogP) is 2.90. The molecule has 0 radical (unpaired) electrons. The number of nitrogens with two attached hydrogens (primary N) is 1. The molecule has 6 heteroatoms. The van der Waals surface area contributed by atoms with E-state index in [9.17, 15) is 9.59 Å². The molecule has 1 aliphatic heterocycles. The molecule has 5 nitrogen and oxygen atoms in total. The topological polar surface area (TPSA) is 75.4 Å². The summed E-state index contributed by atoms with van der Waals surface area (Å²) in [5, 5.41) is 2.91. The van der Waals surface area contributed by atoms with Gasteiger partial charge in [0.05, 0.1) is 0 Å². The molecule has 26 heavy (non-hydrogen) atoms. The Morgan fingerprint density at radius 3 is 2.35 bits per heavy atom. The Morgan fingerprint density at radius 1 is 1.08 bits per heavy atom. The van der Waals surface area contributed by atoms with Gasteiger partial charge in [-0.15, -0.1) is 0 Å². The molecule has 1 saturated heterocycles. The zero-order valence-corrected chi connectivity index (χ0v) is 15.6. The lowest BCUT2D eigenvalue weighted by Crippen LogP contribution is -2.37. The lowest BCUT2D eigenvalue weighted by Gasteiger charge is -2.26. The van der Waals surface area contributed by atoms with Crippen LogP contribution in [0.25, 0.3) is 0 Å². The van der Waals surface area contributed by atoms with E-state index < -0.39 is 0 Å². The lowest BCUT2D eigenvalue weighted by molar-refractivity contribution is 0.0772. The second kappa shape index (κ2) is 8.38. The summed E-state index contributed by atoms with van der Waals surface area (Å²) in [4.78, 5) is 26.9. The normalized spacial score (nSPS) is 14.2. The van der Waals surface area contributed by atoms with Crippen molar-refractivity contribution in [2.45, 2.75) is 13.5 Å².